The molecule has 1 atom stereocenters. The molecule has 0 aliphatic carbocycles. The summed E-state index contributed by atoms with van der Waals surface area (Å²) in [4.78, 5) is 11.1. The Bertz CT molecular complexity index is 937. The standard InChI is InChI=1S/C16H16F4N2O3S/c1-3-22(26(24,25)13-8-9-21(2)14(23)10-13)15(16(18,19)20)11-4-6-12(17)7-5-11/h4-10,15H,3H2,1-2H3. The van der Waals surface area contributed by atoms with E-state index in [4.69, 9.17) is 0 Å². The van der Waals surface area contributed by atoms with Crippen LogP contribution in [0.5, 0.6) is 0 Å². The number of hydrogen-bond donors (Lipinski definition) is 0. The Kier molecular flexibility index (Phi) is 5.57. The van der Waals surface area contributed by atoms with Crippen molar-refractivity contribution in [3.63, 3.8) is 0 Å². The highest BCUT2D eigenvalue weighted by Gasteiger charge is 2.48. The Morgan fingerprint density at radius 1 is 1.15 bits per heavy atom. The van der Waals surface area contributed by atoms with E-state index in [-0.39, 0.29) is 4.31 Å². The van der Waals surface area contributed by atoms with E-state index in [0.717, 1.165) is 47.2 Å². The van der Waals surface area contributed by atoms with Gasteiger partial charge < -0.3 is 4.57 Å². The van der Waals surface area contributed by atoms with Crippen LogP contribution < -0.4 is 5.56 Å². The van der Waals surface area contributed by atoms with Crippen LogP contribution in [0, 0.1) is 5.82 Å². The van der Waals surface area contributed by atoms with E-state index >= 15 is 0 Å². The van der Waals surface area contributed by atoms with E-state index in [1.165, 1.54) is 14.0 Å². The molecule has 142 valence electrons. The topological polar surface area (TPSA) is 59.4 Å². The molecule has 0 bridgehead atoms. The second kappa shape index (κ2) is 7.20. The Balaban J connectivity index is 2.61. The van der Waals surface area contributed by atoms with Crippen molar-refractivity contribution >= 4 is 10.0 Å². The number of alkyl halides is 3. The minimum atomic E-state index is -4.94. The van der Waals surface area contributed by atoms with Gasteiger partial charge in [-0.3, -0.25) is 4.79 Å². The normalized spacial score (nSPS) is 13.8. The number of pyridine rings is 1. The second-order valence-electron chi connectivity index (χ2n) is 5.52. The van der Waals surface area contributed by atoms with Crippen LogP contribution in [0.2, 0.25) is 0 Å². The molecule has 0 N–H and O–H groups in total. The average molecular weight is 392 g/mol. The Morgan fingerprint density at radius 3 is 2.19 bits per heavy atom. The van der Waals surface area contributed by atoms with Crippen molar-refractivity contribution in [2.24, 2.45) is 7.05 Å². The van der Waals surface area contributed by atoms with Gasteiger partial charge in [0, 0.05) is 25.9 Å². The van der Waals surface area contributed by atoms with Gasteiger partial charge in [0.2, 0.25) is 10.0 Å². The lowest BCUT2D eigenvalue weighted by Crippen LogP contribution is -2.42. The first-order valence-electron chi connectivity index (χ1n) is 7.49. The van der Waals surface area contributed by atoms with Gasteiger partial charge in [-0.25, -0.2) is 12.8 Å². The zero-order valence-electron chi connectivity index (χ0n) is 13.9. The fourth-order valence-electron chi connectivity index (χ4n) is 2.48. The Morgan fingerprint density at radius 2 is 1.73 bits per heavy atom. The fourth-order valence-corrected chi connectivity index (χ4v) is 4.09. The molecule has 0 radical (unpaired) electrons. The van der Waals surface area contributed by atoms with Gasteiger partial charge in [-0.15, -0.1) is 0 Å². The summed E-state index contributed by atoms with van der Waals surface area (Å²) < 4.78 is 80.9. The molecular weight excluding hydrogens is 376 g/mol. The van der Waals surface area contributed by atoms with Crippen LogP contribution in [-0.4, -0.2) is 30.0 Å². The monoisotopic (exact) mass is 392 g/mol. The predicted octanol–water partition coefficient (Wildman–Crippen LogP) is 2.84. The summed E-state index contributed by atoms with van der Waals surface area (Å²) >= 11 is 0. The van der Waals surface area contributed by atoms with E-state index in [0.29, 0.717) is 0 Å². The van der Waals surface area contributed by atoms with Gasteiger partial charge in [-0.05, 0) is 23.8 Å². The van der Waals surface area contributed by atoms with Crippen LogP contribution in [-0.2, 0) is 17.1 Å². The molecule has 1 aromatic carbocycles. The number of nitrogens with zero attached hydrogens (tertiary/aromatic N) is 2. The van der Waals surface area contributed by atoms with Gasteiger partial charge in [0.05, 0.1) is 4.90 Å². The molecule has 0 saturated heterocycles. The predicted molar refractivity (Wildman–Crippen MR) is 86.4 cm³/mol. The lowest BCUT2D eigenvalue weighted by molar-refractivity contribution is -0.173. The maximum absolute atomic E-state index is 13.7. The summed E-state index contributed by atoms with van der Waals surface area (Å²) in [6, 6.07) is 2.72. The van der Waals surface area contributed by atoms with Crippen molar-refractivity contribution in [2.75, 3.05) is 6.54 Å². The number of sulfonamides is 1. The lowest BCUT2D eigenvalue weighted by atomic mass is 10.1. The van der Waals surface area contributed by atoms with Crippen LogP contribution in [0.4, 0.5) is 17.6 Å². The molecule has 26 heavy (non-hydrogen) atoms. The van der Waals surface area contributed by atoms with Crippen LogP contribution in [0.3, 0.4) is 0 Å². The van der Waals surface area contributed by atoms with Crippen LogP contribution in [0.25, 0.3) is 0 Å². The Hall–Kier alpha value is -2.20. The quantitative estimate of drug-likeness (QED) is 0.736. The van der Waals surface area contributed by atoms with Crippen LogP contribution in [0.15, 0.2) is 52.3 Å². The highest BCUT2D eigenvalue weighted by molar-refractivity contribution is 7.89. The first-order chi connectivity index (χ1) is 12.0. The van der Waals surface area contributed by atoms with Gasteiger partial charge in [-0.2, -0.15) is 17.5 Å². The average Bonchev–Trinajstić information content (AvgIpc) is 2.54. The van der Waals surface area contributed by atoms with Crippen molar-refractivity contribution < 1.29 is 26.0 Å². The van der Waals surface area contributed by atoms with Crippen molar-refractivity contribution in [1.82, 2.24) is 8.87 Å². The van der Waals surface area contributed by atoms with Crippen molar-refractivity contribution in [3.05, 3.63) is 64.3 Å². The maximum Gasteiger partial charge on any atom is 0.409 e. The third-order valence-electron chi connectivity index (χ3n) is 3.78. The van der Waals surface area contributed by atoms with Crippen LogP contribution >= 0.6 is 0 Å². The number of aromatic nitrogens is 1. The van der Waals surface area contributed by atoms with Gasteiger partial charge >= 0.3 is 6.18 Å². The van der Waals surface area contributed by atoms with Crippen molar-refractivity contribution in [3.8, 4) is 0 Å². The number of aryl methyl sites for hydroxylation is 1. The molecule has 1 heterocycles. The minimum Gasteiger partial charge on any atom is -0.319 e. The molecule has 0 spiro atoms. The van der Waals surface area contributed by atoms with Crippen LogP contribution in [0.1, 0.15) is 18.5 Å². The van der Waals surface area contributed by atoms with Gasteiger partial charge in [0.15, 0.2) is 0 Å². The summed E-state index contributed by atoms with van der Waals surface area (Å²) in [5.74, 6) is -0.743. The highest BCUT2D eigenvalue weighted by atomic mass is 32.2. The van der Waals surface area contributed by atoms with Gasteiger partial charge in [-0.1, -0.05) is 19.1 Å². The first-order valence-corrected chi connectivity index (χ1v) is 8.93. The zero-order valence-corrected chi connectivity index (χ0v) is 14.7. The van der Waals surface area contributed by atoms with Gasteiger partial charge in [0.1, 0.15) is 11.9 Å². The highest BCUT2D eigenvalue weighted by Crippen LogP contribution is 2.40. The molecule has 0 aliphatic heterocycles. The molecule has 5 nitrogen and oxygen atoms in total. The smallest absolute Gasteiger partial charge is 0.319 e. The lowest BCUT2D eigenvalue weighted by Gasteiger charge is -2.31. The maximum atomic E-state index is 13.7. The third-order valence-corrected chi connectivity index (χ3v) is 5.71. The summed E-state index contributed by atoms with van der Waals surface area (Å²) in [7, 11) is -3.24. The van der Waals surface area contributed by atoms with Gasteiger partial charge in [0.25, 0.3) is 5.56 Å². The number of halogens is 4. The van der Waals surface area contributed by atoms with E-state index in [1.54, 1.807) is 0 Å². The fraction of sp³-hybridized carbons (Fsp3) is 0.312. The Labute approximate surface area is 147 Å². The van der Waals surface area contributed by atoms with Crippen molar-refractivity contribution in [1.29, 1.82) is 0 Å². The molecule has 10 heteroatoms. The molecule has 2 aromatic rings. The number of benzene rings is 1. The molecule has 0 saturated carbocycles. The number of hydrogen-bond acceptors (Lipinski definition) is 3. The van der Waals surface area contributed by atoms with Crippen molar-refractivity contribution in [2.45, 2.75) is 24.0 Å². The van der Waals surface area contributed by atoms with E-state index in [1.807, 2.05) is 0 Å². The zero-order chi connectivity index (χ0) is 19.7. The summed E-state index contributed by atoms with van der Waals surface area (Å²) in [5.41, 5.74) is -1.10. The molecule has 0 amide bonds. The third kappa shape index (κ3) is 3.96. The first kappa shape index (κ1) is 20.1. The van der Waals surface area contributed by atoms with E-state index in [9.17, 15) is 30.8 Å². The molecule has 2 rings (SSSR count). The molecule has 1 aromatic heterocycles. The molecule has 1 unspecified atom stereocenters. The second-order valence-corrected chi connectivity index (χ2v) is 7.41. The summed E-state index contributed by atoms with van der Waals surface area (Å²) in [5, 5.41) is 0. The molecule has 0 aliphatic rings. The largest absolute Gasteiger partial charge is 0.409 e. The summed E-state index contributed by atoms with van der Waals surface area (Å²) in [6.45, 7) is 0.750. The molecule has 0 fully saturated rings. The minimum absolute atomic E-state index is 0.245. The van der Waals surface area contributed by atoms with E-state index < -0.39 is 50.6 Å². The summed E-state index contributed by atoms with van der Waals surface area (Å²) in [6.07, 6.45) is -3.79. The number of rotatable bonds is 5. The van der Waals surface area contributed by atoms with E-state index in [2.05, 4.69) is 0 Å². The molecular formula is C16H16F4N2O3S. The SMILES string of the molecule is CCN(C(c1ccc(F)cc1)C(F)(F)F)S(=O)(=O)c1ccn(C)c(=O)c1.